The number of hydrogen-bond donors (Lipinski definition) is 2. The van der Waals surface area contributed by atoms with Crippen molar-refractivity contribution in [3.8, 4) is 0 Å². The number of carbonyl (C=O) groups is 1. The normalized spacial score (nSPS) is 21.1. The number of nitrogens with one attached hydrogen (secondary N) is 2. The maximum absolute atomic E-state index is 11.8. The molecule has 1 aromatic heterocycles. The molecule has 2 rings (SSSR count). The Bertz CT molecular complexity index is 454. The van der Waals surface area contributed by atoms with Crippen LogP contribution in [-0.2, 0) is 16.1 Å². The number of amides is 1. The summed E-state index contributed by atoms with van der Waals surface area (Å²) in [5.41, 5.74) is 0.839. The van der Waals surface area contributed by atoms with E-state index in [1.165, 1.54) is 0 Å². The topological polar surface area (TPSA) is 80.5 Å². The van der Waals surface area contributed by atoms with Gasteiger partial charge in [-0.1, -0.05) is 0 Å². The van der Waals surface area contributed by atoms with Gasteiger partial charge in [0.05, 0.1) is 19.3 Å². The van der Waals surface area contributed by atoms with Gasteiger partial charge in [-0.25, -0.2) is 0 Å². The molecule has 1 atom stereocenters. The van der Waals surface area contributed by atoms with E-state index in [4.69, 9.17) is 4.74 Å². The van der Waals surface area contributed by atoms with Crippen LogP contribution in [0.15, 0.2) is 17.4 Å². The molecule has 1 aliphatic heterocycles. The van der Waals surface area contributed by atoms with Crippen LogP contribution in [0.5, 0.6) is 0 Å². The first-order chi connectivity index (χ1) is 8.74. The van der Waals surface area contributed by atoms with E-state index in [-0.39, 0.29) is 5.91 Å². The highest BCUT2D eigenvalue weighted by atomic mass is 16.5. The van der Waals surface area contributed by atoms with Crippen LogP contribution < -0.4 is 10.6 Å². The smallest absolute Gasteiger partial charge is 0.254 e. The summed E-state index contributed by atoms with van der Waals surface area (Å²) >= 11 is 0. The van der Waals surface area contributed by atoms with E-state index in [2.05, 4.69) is 20.7 Å². The second-order valence-corrected chi connectivity index (χ2v) is 3.92. The number of ether oxygens (including phenoxy) is 1. The summed E-state index contributed by atoms with van der Waals surface area (Å²) in [5.74, 6) is 0.383. The minimum Gasteiger partial charge on any atom is -0.383 e. The Kier molecular flexibility index (Phi) is 3.93. The Morgan fingerprint density at radius 1 is 1.61 bits per heavy atom. The van der Waals surface area contributed by atoms with Crippen LogP contribution in [-0.4, -0.2) is 41.9 Å². The maximum atomic E-state index is 11.8. The van der Waals surface area contributed by atoms with E-state index in [0.29, 0.717) is 19.1 Å². The van der Waals surface area contributed by atoms with E-state index in [1.54, 1.807) is 18.0 Å². The van der Waals surface area contributed by atoms with E-state index in [0.717, 1.165) is 12.1 Å². The zero-order valence-corrected chi connectivity index (χ0v) is 10.5. The van der Waals surface area contributed by atoms with Crippen molar-refractivity contribution >= 4 is 11.9 Å². The number of methoxy groups -OCH3 is 1. The van der Waals surface area contributed by atoms with Gasteiger partial charge in [-0.15, -0.1) is 0 Å². The molecule has 0 radical (unpaired) electrons. The van der Waals surface area contributed by atoms with Gasteiger partial charge in [0.15, 0.2) is 5.96 Å². The van der Waals surface area contributed by atoms with Crippen molar-refractivity contribution in [3.63, 3.8) is 0 Å². The second-order valence-electron chi connectivity index (χ2n) is 3.92. The fraction of sp³-hybridized carbons (Fsp3) is 0.545. The molecule has 98 valence electrons. The van der Waals surface area contributed by atoms with Gasteiger partial charge in [0.1, 0.15) is 6.04 Å². The molecule has 0 bridgehead atoms. The molecule has 7 heteroatoms. The number of aliphatic imine (C=N–C) groups is 1. The lowest BCUT2D eigenvalue weighted by Gasteiger charge is -2.03. The molecular formula is C11H17N5O2. The molecule has 0 aliphatic carbocycles. The fourth-order valence-electron chi connectivity index (χ4n) is 1.70. The van der Waals surface area contributed by atoms with Crippen molar-refractivity contribution in [1.82, 2.24) is 20.4 Å². The number of nitrogens with zero attached hydrogens (tertiary/aromatic N) is 3. The molecule has 1 fully saturated rings. The first kappa shape index (κ1) is 12.6. The van der Waals surface area contributed by atoms with Crippen LogP contribution in [0.25, 0.3) is 0 Å². The average Bonchev–Trinajstić information content (AvgIpc) is 2.96. The van der Waals surface area contributed by atoms with Crippen molar-refractivity contribution in [2.24, 2.45) is 4.99 Å². The SMILES string of the molecule is CCn1cc(C2NC(=NCCOC)NC2=O)cn1. The monoisotopic (exact) mass is 251 g/mol. The zero-order valence-electron chi connectivity index (χ0n) is 10.5. The minimum atomic E-state index is -0.411. The number of carbonyl (C=O) groups excluding carboxylic acids is 1. The lowest BCUT2D eigenvalue weighted by atomic mass is 10.2. The quantitative estimate of drug-likeness (QED) is 0.702. The van der Waals surface area contributed by atoms with Gasteiger partial charge in [-0.05, 0) is 6.92 Å². The van der Waals surface area contributed by atoms with Gasteiger partial charge in [-0.2, -0.15) is 5.10 Å². The van der Waals surface area contributed by atoms with Crippen LogP contribution in [0.1, 0.15) is 18.5 Å². The predicted octanol–water partition coefficient (Wildman–Crippen LogP) is -0.334. The molecule has 1 aliphatic rings. The van der Waals surface area contributed by atoms with Crippen molar-refractivity contribution in [2.75, 3.05) is 20.3 Å². The van der Waals surface area contributed by atoms with Gasteiger partial charge >= 0.3 is 0 Å². The van der Waals surface area contributed by atoms with E-state index >= 15 is 0 Å². The van der Waals surface area contributed by atoms with Crippen molar-refractivity contribution in [2.45, 2.75) is 19.5 Å². The Balaban J connectivity index is 2.02. The minimum absolute atomic E-state index is 0.109. The summed E-state index contributed by atoms with van der Waals surface area (Å²) in [6.45, 7) is 3.82. The van der Waals surface area contributed by atoms with E-state index in [9.17, 15) is 4.79 Å². The number of guanidine groups is 1. The van der Waals surface area contributed by atoms with Crippen LogP contribution in [0.3, 0.4) is 0 Å². The molecule has 1 unspecified atom stereocenters. The van der Waals surface area contributed by atoms with Crippen LogP contribution in [0.2, 0.25) is 0 Å². The average molecular weight is 251 g/mol. The van der Waals surface area contributed by atoms with Gasteiger partial charge < -0.3 is 10.1 Å². The van der Waals surface area contributed by atoms with Crippen molar-refractivity contribution in [1.29, 1.82) is 0 Å². The van der Waals surface area contributed by atoms with Crippen LogP contribution in [0.4, 0.5) is 0 Å². The van der Waals surface area contributed by atoms with Gasteiger partial charge in [0.2, 0.25) is 0 Å². The third kappa shape index (κ3) is 2.67. The number of aromatic nitrogens is 2. The first-order valence-corrected chi connectivity index (χ1v) is 5.87. The highest BCUT2D eigenvalue weighted by molar-refractivity contribution is 6.06. The summed E-state index contributed by atoms with van der Waals surface area (Å²) in [6.07, 6.45) is 3.55. The van der Waals surface area contributed by atoms with E-state index < -0.39 is 6.04 Å². The standard InChI is InChI=1S/C11H17N5O2/c1-3-16-7-8(6-13-16)9-10(17)15-11(14-9)12-4-5-18-2/h6-7,9H,3-5H2,1-2H3,(H2,12,14,15,17). The molecule has 1 saturated heterocycles. The maximum Gasteiger partial charge on any atom is 0.254 e. The second kappa shape index (κ2) is 5.63. The van der Waals surface area contributed by atoms with Crippen molar-refractivity contribution in [3.05, 3.63) is 18.0 Å². The third-order valence-electron chi connectivity index (χ3n) is 2.66. The summed E-state index contributed by atoms with van der Waals surface area (Å²) in [4.78, 5) is 16.0. The molecule has 0 aromatic carbocycles. The molecule has 2 heterocycles. The predicted molar refractivity (Wildman–Crippen MR) is 66.1 cm³/mol. The van der Waals surface area contributed by atoms with E-state index in [1.807, 2.05) is 13.1 Å². The highest BCUT2D eigenvalue weighted by Crippen LogP contribution is 2.15. The summed E-state index contributed by atoms with van der Waals surface area (Å²) in [5, 5.41) is 9.88. The molecule has 1 aromatic rings. The molecule has 0 saturated carbocycles. The largest absolute Gasteiger partial charge is 0.383 e. The molecule has 1 amide bonds. The summed E-state index contributed by atoms with van der Waals surface area (Å²) in [7, 11) is 1.61. The Morgan fingerprint density at radius 3 is 3.11 bits per heavy atom. The molecule has 18 heavy (non-hydrogen) atoms. The first-order valence-electron chi connectivity index (χ1n) is 5.87. The van der Waals surface area contributed by atoms with Gasteiger partial charge in [-0.3, -0.25) is 19.8 Å². The van der Waals surface area contributed by atoms with Crippen molar-refractivity contribution < 1.29 is 9.53 Å². The summed E-state index contributed by atoms with van der Waals surface area (Å²) in [6, 6.07) is -0.411. The number of aryl methyl sites for hydroxylation is 1. The lowest BCUT2D eigenvalue weighted by Crippen LogP contribution is -2.26. The fourth-order valence-corrected chi connectivity index (χ4v) is 1.70. The van der Waals surface area contributed by atoms with Gasteiger partial charge in [0, 0.05) is 25.4 Å². The Morgan fingerprint density at radius 2 is 2.44 bits per heavy atom. The van der Waals surface area contributed by atoms with Gasteiger partial charge in [0.25, 0.3) is 5.91 Å². The van der Waals surface area contributed by atoms with Crippen LogP contribution in [0, 0.1) is 0 Å². The molecule has 0 spiro atoms. The molecule has 7 nitrogen and oxygen atoms in total. The zero-order chi connectivity index (χ0) is 13.0. The lowest BCUT2D eigenvalue weighted by molar-refractivity contribution is -0.120. The Hall–Kier alpha value is -1.89. The number of hydrogen-bond acceptors (Lipinski definition) is 4. The summed E-state index contributed by atoms with van der Waals surface area (Å²) < 4.78 is 6.68. The molecular weight excluding hydrogens is 234 g/mol. The highest BCUT2D eigenvalue weighted by Gasteiger charge is 2.30. The third-order valence-corrected chi connectivity index (χ3v) is 2.66. The van der Waals surface area contributed by atoms with Crippen LogP contribution >= 0.6 is 0 Å². The number of rotatable bonds is 5. The Labute approximate surface area is 105 Å². The molecule has 2 N–H and O–H groups in total.